The first-order valence-corrected chi connectivity index (χ1v) is 7.58. The number of thioether (sulfide) groups is 1. The predicted molar refractivity (Wildman–Crippen MR) is 81.5 cm³/mol. The van der Waals surface area contributed by atoms with Crippen LogP contribution in [-0.4, -0.2) is 31.9 Å². The highest BCUT2D eigenvalue weighted by Gasteiger charge is 2.08. The van der Waals surface area contributed by atoms with Gasteiger partial charge in [-0.1, -0.05) is 37.2 Å². The molecule has 2 aromatic rings. The maximum absolute atomic E-state index is 9.71. The van der Waals surface area contributed by atoms with Crippen molar-refractivity contribution < 1.29 is 5.11 Å². The summed E-state index contributed by atoms with van der Waals surface area (Å²) in [5.41, 5.74) is 0.671. The summed E-state index contributed by atoms with van der Waals surface area (Å²) in [5.74, 6) is 1.94. The minimum absolute atomic E-state index is 0.210. The van der Waals surface area contributed by atoms with Crippen molar-refractivity contribution in [1.29, 1.82) is 0 Å². The van der Waals surface area contributed by atoms with E-state index in [1.54, 1.807) is 34.8 Å². The molecule has 20 heavy (non-hydrogen) atoms. The molecule has 0 atom stereocenters. The Morgan fingerprint density at radius 3 is 2.90 bits per heavy atom. The van der Waals surface area contributed by atoms with E-state index in [-0.39, 0.29) is 5.75 Å². The van der Waals surface area contributed by atoms with Crippen LogP contribution in [0.1, 0.15) is 31.2 Å². The second-order valence-electron chi connectivity index (χ2n) is 4.35. The largest absolute Gasteiger partial charge is 0.507 e. The van der Waals surface area contributed by atoms with Crippen LogP contribution in [0.3, 0.4) is 0 Å². The minimum atomic E-state index is 0.210. The normalized spacial score (nSPS) is 11.3. The molecule has 1 heterocycles. The highest BCUT2D eigenvalue weighted by Crippen LogP contribution is 2.19. The molecule has 0 unspecified atom stereocenters. The summed E-state index contributed by atoms with van der Waals surface area (Å²) < 4.78 is 1.70. The van der Waals surface area contributed by atoms with Crippen LogP contribution in [0, 0.1) is 6.92 Å². The van der Waals surface area contributed by atoms with Crippen molar-refractivity contribution >= 4 is 18.0 Å². The predicted octanol–water partition coefficient (Wildman–Crippen LogP) is 3.07. The Bertz CT molecular complexity index is 595. The Morgan fingerprint density at radius 2 is 2.15 bits per heavy atom. The zero-order valence-electron chi connectivity index (χ0n) is 11.7. The second kappa shape index (κ2) is 7.09. The molecule has 0 saturated carbocycles. The quantitative estimate of drug-likeness (QED) is 0.504. The number of phenols is 1. The highest BCUT2D eigenvalue weighted by molar-refractivity contribution is 7.99. The Kier molecular flexibility index (Phi) is 5.17. The third kappa shape index (κ3) is 3.60. The SMILES string of the molecule is CCCCSc1nnc(C)n1N=Cc1ccccc1O. The number of hydrogen-bond donors (Lipinski definition) is 1. The summed E-state index contributed by atoms with van der Waals surface area (Å²) in [6.45, 7) is 4.02. The van der Waals surface area contributed by atoms with Crippen molar-refractivity contribution in [3.05, 3.63) is 35.7 Å². The fourth-order valence-electron chi connectivity index (χ4n) is 1.59. The van der Waals surface area contributed by atoms with Crippen LogP contribution in [0.4, 0.5) is 0 Å². The molecule has 0 aliphatic heterocycles. The summed E-state index contributed by atoms with van der Waals surface area (Å²) in [6, 6.07) is 7.08. The van der Waals surface area contributed by atoms with Crippen LogP contribution in [0.25, 0.3) is 0 Å². The molecule has 1 aromatic carbocycles. The molecular formula is C14H18N4OS. The number of unbranched alkanes of at least 4 members (excludes halogenated alkanes) is 1. The van der Waals surface area contributed by atoms with Gasteiger partial charge in [0.2, 0.25) is 5.16 Å². The summed E-state index contributed by atoms with van der Waals surface area (Å²) >= 11 is 1.64. The van der Waals surface area contributed by atoms with Gasteiger partial charge in [-0.25, -0.2) is 0 Å². The van der Waals surface area contributed by atoms with E-state index in [4.69, 9.17) is 0 Å². The Hall–Kier alpha value is -1.82. The van der Waals surface area contributed by atoms with Gasteiger partial charge in [0.1, 0.15) is 5.75 Å². The van der Waals surface area contributed by atoms with E-state index in [0.29, 0.717) is 5.56 Å². The lowest BCUT2D eigenvalue weighted by atomic mass is 10.2. The number of aryl methyl sites for hydroxylation is 1. The van der Waals surface area contributed by atoms with Gasteiger partial charge < -0.3 is 5.11 Å². The van der Waals surface area contributed by atoms with Crippen molar-refractivity contribution in [2.24, 2.45) is 5.10 Å². The average molecular weight is 290 g/mol. The molecule has 0 radical (unpaired) electrons. The summed E-state index contributed by atoms with van der Waals surface area (Å²) in [7, 11) is 0. The maximum atomic E-state index is 9.71. The van der Waals surface area contributed by atoms with E-state index in [1.807, 2.05) is 19.1 Å². The van der Waals surface area contributed by atoms with Gasteiger partial charge in [-0.3, -0.25) is 0 Å². The van der Waals surface area contributed by atoms with E-state index < -0.39 is 0 Å². The van der Waals surface area contributed by atoms with E-state index >= 15 is 0 Å². The van der Waals surface area contributed by atoms with Crippen LogP contribution in [-0.2, 0) is 0 Å². The monoisotopic (exact) mass is 290 g/mol. The first-order chi connectivity index (χ1) is 9.72. The van der Waals surface area contributed by atoms with Gasteiger partial charge in [0, 0.05) is 11.3 Å². The molecule has 6 heteroatoms. The van der Waals surface area contributed by atoms with Gasteiger partial charge in [0.15, 0.2) is 5.82 Å². The standard InChI is InChI=1S/C14H18N4OS/c1-3-4-9-20-14-17-16-11(2)18(14)15-10-12-7-5-6-8-13(12)19/h5-8,10,19H,3-4,9H2,1-2H3. The number of aromatic nitrogens is 3. The van der Waals surface area contributed by atoms with Crippen LogP contribution < -0.4 is 0 Å². The molecule has 0 aliphatic rings. The average Bonchev–Trinajstić information content (AvgIpc) is 2.79. The lowest BCUT2D eigenvalue weighted by Crippen LogP contribution is -1.96. The van der Waals surface area contributed by atoms with Gasteiger partial charge in [0.05, 0.1) is 6.21 Å². The fourth-order valence-corrected chi connectivity index (χ4v) is 2.60. The van der Waals surface area contributed by atoms with Crippen molar-refractivity contribution in [2.45, 2.75) is 31.8 Å². The lowest BCUT2D eigenvalue weighted by molar-refractivity contribution is 0.474. The molecule has 0 amide bonds. The number of hydrogen-bond acceptors (Lipinski definition) is 5. The van der Waals surface area contributed by atoms with E-state index in [1.165, 1.54) is 0 Å². The molecule has 1 aromatic heterocycles. The number of phenolic OH excluding ortho intramolecular Hbond substituents is 1. The zero-order valence-corrected chi connectivity index (χ0v) is 12.5. The van der Waals surface area contributed by atoms with Gasteiger partial charge in [-0.2, -0.15) is 9.78 Å². The molecule has 0 saturated heterocycles. The van der Waals surface area contributed by atoms with E-state index in [0.717, 1.165) is 29.6 Å². The molecule has 0 spiro atoms. The lowest BCUT2D eigenvalue weighted by Gasteiger charge is -2.02. The minimum Gasteiger partial charge on any atom is -0.507 e. The third-order valence-electron chi connectivity index (χ3n) is 2.75. The number of benzene rings is 1. The number of rotatable bonds is 6. The number of para-hydroxylation sites is 1. The summed E-state index contributed by atoms with van der Waals surface area (Å²) in [4.78, 5) is 0. The fraction of sp³-hybridized carbons (Fsp3) is 0.357. The van der Waals surface area contributed by atoms with Gasteiger partial charge in [0.25, 0.3) is 0 Å². The van der Waals surface area contributed by atoms with Crippen molar-refractivity contribution in [1.82, 2.24) is 14.9 Å². The number of aromatic hydroxyl groups is 1. The van der Waals surface area contributed by atoms with E-state index in [9.17, 15) is 5.11 Å². The van der Waals surface area contributed by atoms with Gasteiger partial charge in [-0.15, -0.1) is 10.2 Å². The summed E-state index contributed by atoms with van der Waals surface area (Å²) in [6.07, 6.45) is 3.91. The Morgan fingerprint density at radius 1 is 1.35 bits per heavy atom. The molecule has 2 rings (SSSR count). The molecule has 0 bridgehead atoms. The maximum Gasteiger partial charge on any atom is 0.212 e. The third-order valence-corrected chi connectivity index (χ3v) is 3.75. The van der Waals surface area contributed by atoms with Crippen molar-refractivity contribution in [3.8, 4) is 5.75 Å². The van der Waals surface area contributed by atoms with Crippen LogP contribution in [0.5, 0.6) is 5.75 Å². The zero-order chi connectivity index (χ0) is 14.4. The second-order valence-corrected chi connectivity index (χ2v) is 5.41. The molecule has 106 valence electrons. The highest BCUT2D eigenvalue weighted by atomic mass is 32.2. The number of nitrogens with zero attached hydrogens (tertiary/aromatic N) is 4. The van der Waals surface area contributed by atoms with Crippen molar-refractivity contribution in [2.75, 3.05) is 5.75 Å². The van der Waals surface area contributed by atoms with Gasteiger partial charge >= 0.3 is 0 Å². The topological polar surface area (TPSA) is 63.3 Å². The first-order valence-electron chi connectivity index (χ1n) is 6.59. The molecule has 5 nitrogen and oxygen atoms in total. The van der Waals surface area contributed by atoms with Gasteiger partial charge in [-0.05, 0) is 25.5 Å². The summed E-state index contributed by atoms with van der Waals surface area (Å²) in [5, 5.41) is 23.0. The Labute approximate surface area is 122 Å². The van der Waals surface area contributed by atoms with Crippen molar-refractivity contribution in [3.63, 3.8) is 0 Å². The van der Waals surface area contributed by atoms with E-state index in [2.05, 4.69) is 22.2 Å². The molecule has 1 N–H and O–H groups in total. The Balaban J connectivity index is 2.16. The first kappa shape index (κ1) is 14.6. The smallest absolute Gasteiger partial charge is 0.212 e. The van der Waals surface area contributed by atoms with Crippen LogP contribution in [0.15, 0.2) is 34.5 Å². The molecule has 0 fully saturated rings. The van der Waals surface area contributed by atoms with Crippen LogP contribution >= 0.6 is 11.8 Å². The molecular weight excluding hydrogens is 272 g/mol. The molecule has 0 aliphatic carbocycles. The van der Waals surface area contributed by atoms with Crippen LogP contribution in [0.2, 0.25) is 0 Å².